The van der Waals surface area contributed by atoms with Crippen molar-refractivity contribution in [3.8, 4) is 22.9 Å². The van der Waals surface area contributed by atoms with E-state index in [1.165, 1.54) is 18.2 Å². The fraction of sp³-hybridized carbons (Fsp3) is 0.558. The van der Waals surface area contributed by atoms with E-state index in [1.54, 1.807) is 0 Å². The van der Waals surface area contributed by atoms with E-state index in [0.717, 1.165) is 77.8 Å². The van der Waals surface area contributed by atoms with Crippen LogP contribution in [0.2, 0.25) is 18.1 Å². The Kier molecular flexibility index (Phi) is 8.96. The first-order valence-electron chi connectivity index (χ1n) is 19.8. The standard InChI is InChI=1S/C43H57N5O4Si/c1-41(2,3)51-40(49)48-31-16-17-32(48)27-46(26-31)38-35-18-15-30(24-37(35)44-39(45-38)50-28-43-19-11-21-47(43)22-12-20-43)36-25-33(52-53(7,8)42(4,5)6)23-29-13-9-10-14-34(29)36/h9-10,13-15,18,23-25,31-32H,11-12,16-17,19-22,26-28H2,1-8H3. The lowest BCUT2D eigenvalue weighted by atomic mass is 9.95. The number of benzene rings is 3. The van der Waals surface area contributed by atoms with Gasteiger partial charge in [0.05, 0.1) is 23.1 Å². The molecule has 0 aliphatic carbocycles. The second kappa shape index (κ2) is 13.1. The molecule has 0 N–H and O–H groups in total. The summed E-state index contributed by atoms with van der Waals surface area (Å²) < 4.78 is 19.4. The minimum absolute atomic E-state index is 0.0664. The van der Waals surface area contributed by atoms with Crippen molar-refractivity contribution in [3.63, 3.8) is 0 Å². The quantitative estimate of drug-likeness (QED) is 0.174. The molecule has 0 radical (unpaired) electrons. The minimum Gasteiger partial charge on any atom is -0.543 e. The predicted octanol–water partition coefficient (Wildman–Crippen LogP) is 9.43. The Balaban J connectivity index is 1.18. The molecule has 5 heterocycles. The molecule has 10 heteroatoms. The lowest BCUT2D eigenvalue weighted by Crippen LogP contribution is -2.57. The summed E-state index contributed by atoms with van der Waals surface area (Å²) in [5, 5.41) is 3.40. The molecule has 1 aromatic heterocycles. The van der Waals surface area contributed by atoms with Gasteiger partial charge in [0.2, 0.25) is 8.32 Å². The molecule has 4 aliphatic heterocycles. The van der Waals surface area contributed by atoms with Gasteiger partial charge in [-0.3, -0.25) is 9.80 Å². The van der Waals surface area contributed by atoms with Gasteiger partial charge in [0, 0.05) is 18.5 Å². The molecular weight excluding hydrogens is 679 g/mol. The van der Waals surface area contributed by atoms with Gasteiger partial charge in [0.1, 0.15) is 23.8 Å². The summed E-state index contributed by atoms with van der Waals surface area (Å²) >= 11 is 0. The highest BCUT2D eigenvalue weighted by atomic mass is 28.4. The molecule has 4 saturated heterocycles. The Morgan fingerprint density at radius 3 is 2.26 bits per heavy atom. The van der Waals surface area contributed by atoms with Gasteiger partial charge in [-0.1, -0.05) is 51.1 Å². The smallest absolute Gasteiger partial charge is 0.410 e. The molecule has 2 bridgehead atoms. The number of hydrogen-bond acceptors (Lipinski definition) is 8. The number of aromatic nitrogens is 2. The number of rotatable bonds is 7. The number of nitrogens with zero attached hydrogens (tertiary/aromatic N) is 5. The molecule has 9 nitrogen and oxygen atoms in total. The van der Waals surface area contributed by atoms with Gasteiger partial charge in [-0.15, -0.1) is 0 Å². The highest BCUT2D eigenvalue weighted by Gasteiger charge is 2.46. The van der Waals surface area contributed by atoms with E-state index >= 15 is 0 Å². The predicted molar refractivity (Wildman–Crippen MR) is 216 cm³/mol. The van der Waals surface area contributed by atoms with Crippen LogP contribution in [-0.4, -0.2) is 90.2 Å². The molecule has 8 rings (SSSR count). The third-order valence-electron chi connectivity index (χ3n) is 12.6. The molecule has 1 amide bonds. The van der Waals surface area contributed by atoms with Crippen LogP contribution in [-0.2, 0) is 4.74 Å². The highest BCUT2D eigenvalue weighted by molar-refractivity contribution is 6.74. The number of anilines is 1. The average Bonchev–Trinajstić information content (AvgIpc) is 3.75. The maximum Gasteiger partial charge on any atom is 0.410 e. The zero-order chi connectivity index (χ0) is 37.3. The summed E-state index contributed by atoms with van der Waals surface area (Å²) in [5.74, 6) is 1.79. The summed E-state index contributed by atoms with van der Waals surface area (Å²) in [4.78, 5) is 30.6. The van der Waals surface area contributed by atoms with Crippen LogP contribution < -0.4 is 14.1 Å². The number of amides is 1. The molecule has 53 heavy (non-hydrogen) atoms. The molecule has 0 spiro atoms. The van der Waals surface area contributed by atoms with Crippen LogP contribution in [0.15, 0.2) is 54.6 Å². The molecule has 2 atom stereocenters. The van der Waals surface area contributed by atoms with E-state index in [-0.39, 0.29) is 28.8 Å². The normalized spacial score (nSPS) is 21.7. The van der Waals surface area contributed by atoms with Crippen molar-refractivity contribution in [2.24, 2.45) is 0 Å². The van der Waals surface area contributed by atoms with Gasteiger partial charge in [0.15, 0.2) is 0 Å². The Morgan fingerprint density at radius 1 is 0.887 bits per heavy atom. The summed E-state index contributed by atoms with van der Waals surface area (Å²) in [5.41, 5.74) is 2.61. The monoisotopic (exact) mass is 735 g/mol. The second-order valence-corrected chi connectivity index (χ2v) is 23.2. The SMILES string of the molecule is CC(C)(C)OC(=O)N1C2CCC1CN(c1nc(OCC34CCCN3CCC4)nc3cc(-c4cc(O[Si](C)(C)C(C)(C)C)cc5ccccc45)ccc13)C2. The molecule has 4 fully saturated rings. The number of carbonyl (C=O) groups is 1. The first kappa shape index (κ1) is 36.1. The summed E-state index contributed by atoms with van der Waals surface area (Å²) in [6.07, 6.45) is 6.45. The third-order valence-corrected chi connectivity index (χ3v) is 17.0. The Labute approximate surface area is 316 Å². The second-order valence-electron chi connectivity index (χ2n) is 18.5. The molecule has 0 saturated carbocycles. The number of carbonyl (C=O) groups excluding carboxylic acids is 1. The van der Waals surface area contributed by atoms with Gasteiger partial charge >= 0.3 is 12.1 Å². The summed E-state index contributed by atoms with van der Waals surface area (Å²) in [6, 6.07) is 20.1. The largest absolute Gasteiger partial charge is 0.543 e. The zero-order valence-corrected chi connectivity index (χ0v) is 34.0. The first-order valence-corrected chi connectivity index (χ1v) is 22.7. The molecule has 2 unspecified atom stereocenters. The minimum atomic E-state index is -2.07. The van der Waals surface area contributed by atoms with Crippen LogP contribution in [0.3, 0.4) is 0 Å². The van der Waals surface area contributed by atoms with Gasteiger partial charge in [-0.2, -0.15) is 9.97 Å². The molecular formula is C43H57N5O4Si. The van der Waals surface area contributed by atoms with Gasteiger partial charge in [-0.25, -0.2) is 4.79 Å². The maximum atomic E-state index is 13.3. The van der Waals surface area contributed by atoms with E-state index < -0.39 is 13.9 Å². The number of piperazine rings is 1. The van der Waals surface area contributed by atoms with E-state index in [1.807, 2.05) is 25.7 Å². The molecule has 4 aliphatic rings. The molecule has 3 aromatic carbocycles. The lowest BCUT2D eigenvalue weighted by molar-refractivity contribution is 0.0122. The molecule has 282 valence electrons. The Hall–Kier alpha value is -3.89. The van der Waals surface area contributed by atoms with Gasteiger partial charge < -0.3 is 18.8 Å². The average molecular weight is 736 g/mol. The van der Waals surface area contributed by atoms with E-state index in [4.69, 9.17) is 23.9 Å². The van der Waals surface area contributed by atoms with Crippen molar-refractivity contribution in [1.82, 2.24) is 19.8 Å². The lowest BCUT2D eigenvalue weighted by Gasteiger charge is -2.42. The Bertz CT molecular complexity index is 2010. The Morgan fingerprint density at radius 2 is 1.58 bits per heavy atom. The summed E-state index contributed by atoms with van der Waals surface area (Å²) in [7, 11) is -2.07. The summed E-state index contributed by atoms with van der Waals surface area (Å²) in [6.45, 7) is 21.5. The third kappa shape index (κ3) is 6.86. The van der Waals surface area contributed by atoms with Crippen LogP contribution >= 0.6 is 0 Å². The van der Waals surface area contributed by atoms with Crippen LogP contribution in [0.1, 0.15) is 80.1 Å². The number of hydrogen-bond donors (Lipinski definition) is 0. The van der Waals surface area contributed by atoms with Crippen LogP contribution in [0.25, 0.3) is 32.8 Å². The van der Waals surface area contributed by atoms with Crippen molar-refractivity contribution in [2.75, 3.05) is 37.7 Å². The van der Waals surface area contributed by atoms with Crippen molar-refractivity contribution >= 4 is 41.9 Å². The molecule has 4 aromatic rings. The first-order chi connectivity index (χ1) is 25.1. The van der Waals surface area contributed by atoms with Crippen LogP contribution in [0.5, 0.6) is 11.8 Å². The van der Waals surface area contributed by atoms with Crippen molar-refractivity contribution in [3.05, 3.63) is 54.6 Å². The maximum absolute atomic E-state index is 13.3. The van der Waals surface area contributed by atoms with Crippen LogP contribution in [0.4, 0.5) is 10.6 Å². The number of ether oxygens (including phenoxy) is 2. The zero-order valence-electron chi connectivity index (χ0n) is 33.0. The van der Waals surface area contributed by atoms with Crippen molar-refractivity contribution in [2.45, 2.75) is 121 Å². The van der Waals surface area contributed by atoms with E-state index in [0.29, 0.717) is 25.7 Å². The van der Waals surface area contributed by atoms with Gasteiger partial charge in [0.25, 0.3) is 0 Å². The highest BCUT2D eigenvalue weighted by Crippen LogP contribution is 2.43. The van der Waals surface area contributed by atoms with E-state index in [9.17, 15) is 4.79 Å². The number of fused-ring (bicyclic) bond motifs is 5. The fourth-order valence-corrected chi connectivity index (χ4v) is 9.96. The van der Waals surface area contributed by atoms with Crippen LogP contribution in [0, 0.1) is 0 Å². The van der Waals surface area contributed by atoms with Crippen molar-refractivity contribution < 1.29 is 18.7 Å². The fourth-order valence-electron chi connectivity index (χ4n) is 8.94. The van der Waals surface area contributed by atoms with Gasteiger partial charge in [-0.05, 0) is 137 Å². The topological polar surface area (TPSA) is 80.3 Å². The van der Waals surface area contributed by atoms with Crippen molar-refractivity contribution in [1.29, 1.82) is 0 Å². The van der Waals surface area contributed by atoms with E-state index in [2.05, 4.69) is 98.3 Å².